The molecule has 0 fully saturated rings. The van der Waals surface area contributed by atoms with Gasteiger partial charge in [0.15, 0.2) is 0 Å². The zero-order valence-electron chi connectivity index (χ0n) is 9.67. The standard InChI is InChI=1S/C12H16N4S/c1-2-10(12-14-3-5-16(12)4-1)6-13-7-11-8-17-9-15-11/h3,5,8-10,13H,1-2,4,6-7H2. The molecule has 0 aromatic carbocycles. The van der Waals surface area contributed by atoms with E-state index in [2.05, 4.69) is 31.4 Å². The zero-order valence-corrected chi connectivity index (χ0v) is 10.5. The Morgan fingerprint density at radius 2 is 2.47 bits per heavy atom. The van der Waals surface area contributed by atoms with Crippen molar-refractivity contribution in [3.05, 3.63) is 34.8 Å². The molecule has 0 amide bonds. The summed E-state index contributed by atoms with van der Waals surface area (Å²) in [6.45, 7) is 2.98. The Kier molecular flexibility index (Phi) is 3.20. The zero-order chi connectivity index (χ0) is 11.5. The maximum absolute atomic E-state index is 4.46. The lowest BCUT2D eigenvalue weighted by molar-refractivity contribution is 0.422. The molecule has 1 aliphatic rings. The highest BCUT2D eigenvalue weighted by Crippen LogP contribution is 2.24. The van der Waals surface area contributed by atoms with Gasteiger partial charge >= 0.3 is 0 Å². The first-order chi connectivity index (χ1) is 8.43. The fourth-order valence-corrected chi connectivity index (χ4v) is 2.96. The number of nitrogens with one attached hydrogen (secondary N) is 1. The minimum absolute atomic E-state index is 0.553. The molecule has 3 heterocycles. The van der Waals surface area contributed by atoms with Crippen molar-refractivity contribution < 1.29 is 0 Å². The van der Waals surface area contributed by atoms with Crippen LogP contribution in [-0.2, 0) is 13.1 Å². The van der Waals surface area contributed by atoms with Gasteiger partial charge in [-0.3, -0.25) is 0 Å². The van der Waals surface area contributed by atoms with Gasteiger partial charge < -0.3 is 9.88 Å². The fraction of sp³-hybridized carbons (Fsp3) is 0.500. The molecular formula is C12H16N4S. The first-order valence-corrected chi connectivity index (χ1v) is 6.96. The van der Waals surface area contributed by atoms with E-state index in [9.17, 15) is 0 Å². The summed E-state index contributed by atoms with van der Waals surface area (Å²) in [5.41, 5.74) is 3.01. The van der Waals surface area contributed by atoms with Crippen molar-refractivity contribution in [1.82, 2.24) is 19.9 Å². The quantitative estimate of drug-likeness (QED) is 0.900. The summed E-state index contributed by atoms with van der Waals surface area (Å²) in [6.07, 6.45) is 6.49. The van der Waals surface area contributed by atoms with Crippen LogP contribution < -0.4 is 5.32 Å². The average molecular weight is 248 g/mol. The van der Waals surface area contributed by atoms with Gasteiger partial charge in [-0.25, -0.2) is 9.97 Å². The Morgan fingerprint density at radius 3 is 3.35 bits per heavy atom. The first kappa shape index (κ1) is 10.9. The van der Waals surface area contributed by atoms with Gasteiger partial charge in [-0.1, -0.05) is 0 Å². The summed E-state index contributed by atoms with van der Waals surface area (Å²) >= 11 is 1.65. The van der Waals surface area contributed by atoms with E-state index in [0.717, 1.165) is 25.3 Å². The molecule has 0 saturated carbocycles. The molecule has 0 aliphatic carbocycles. The third-order valence-electron chi connectivity index (χ3n) is 3.24. The minimum atomic E-state index is 0.553. The van der Waals surface area contributed by atoms with E-state index in [0.29, 0.717) is 5.92 Å². The van der Waals surface area contributed by atoms with Crippen molar-refractivity contribution in [3.63, 3.8) is 0 Å². The van der Waals surface area contributed by atoms with Gasteiger partial charge in [-0.2, -0.15) is 0 Å². The summed E-state index contributed by atoms with van der Waals surface area (Å²) in [5, 5.41) is 5.57. The number of fused-ring (bicyclic) bond motifs is 1. The lowest BCUT2D eigenvalue weighted by atomic mass is 9.99. The van der Waals surface area contributed by atoms with E-state index < -0.39 is 0 Å². The number of hydrogen-bond acceptors (Lipinski definition) is 4. The maximum Gasteiger partial charge on any atom is 0.113 e. The average Bonchev–Trinajstić information content (AvgIpc) is 2.99. The van der Waals surface area contributed by atoms with Crippen LogP contribution in [-0.4, -0.2) is 21.1 Å². The molecule has 17 heavy (non-hydrogen) atoms. The van der Waals surface area contributed by atoms with E-state index in [1.165, 1.54) is 18.7 Å². The number of nitrogens with zero attached hydrogens (tertiary/aromatic N) is 3. The van der Waals surface area contributed by atoms with E-state index in [1.54, 1.807) is 11.3 Å². The summed E-state index contributed by atoms with van der Waals surface area (Å²) < 4.78 is 2.28. The molecule has 0 saturated heterocycles. The van der Waals surface area contributed by atoms with Crippen LogP contribution in [0.25, 0.3) is 0 Å². The van der Waals surface area contributed by atoms with Crippen molar-refractivity contribution in [2.24, 2.45) is 0 Å². The smallest absolute Gasteiger partial charge is 0.113 e. The molecule has 5 heteroatoms. The Labute approximate surface area is 105 Å². The van der Waals surface area contributed by atoms with Gasteiger partial charge in [0, 0.05) is 43.3 Å². The van der Waals surface area contributed by atoms with Gasteiger partial charge in [0.2, 0.25) is 0 Å². The van der Waals surface area contributed by atoms with E-state index in [1.807, 2.05) is 11.7 Å². The number of imidazole rings is 1. The Balaban J connectivity index is 1.57. The molecule has 1 N–H and O–H groups in total. The molecule has 3 rings (SSSR count). The highest BCUT2D eigenvalue weighted by Gasteiger charge is 2.20. The van der Waals surface area contributed by atoms with Crippen LogP contribution in [0, 0.1) is 0 Å². The molecular weight excluding hydrogens is 232 g/mol. The van der Waals surface area contributed by atoms with Crippen LogP contribution in [0.1, 0.15) is 30.3 Å². The summed E-state index contributed by atoms with van der Waals surface area (Å²) in [4.78, 5) is 8.73. The monoisotopic (exact) mass is 248 g/mol. The molecule has 0 radical (unpaired) electrons. The molecule has 1 atom stereocenters. The molecule has 2 aromatic rings. The van der Waals surface area contributed by atoms with Crippen molar-refractivity contribution in [1.29, 1.82) is 0 Å². The number of thiazole rings is 1. The molecule has 0 bridgehead atoms. The van der Waals surface area contributed by atoms with Crippen molar-refractivity contribution in [2.45, 2.75) is 31.8 Å². The Bertz CT molecular complexity index is 463. The van der Waals surface area contributed by atoms with Crippen LogP contribution in [0.4, 0.5) is 0 Å². The predicted molar refractivity (Wildman–Crippen MR) is 68.0 cm³/mol. The van der Waals surface area contributed by atoms with Crippen molar-refractivity contribution in [2.75, 3.05) is 6.54 Å². The van der Waals surface area contributed by atoms with Gasteiger partial charge in [-0.05, 0) is 12.8 Å². The highest BCUT2D eigenvalue weighted by molar-refractivity contribution is 7.07. The molecule has 1 unspecified atom stereocenters. The van der Waals surface area contributed by atoms with Gasteiger partial charge in [0.05, 0.1) is 11.2 Å². The number of aromatic nitrogens is 3. The highest BCUT2D eigenvalue weighted by atomic mass is 32.1. The van der Waals surface area contributed by atoms with Crippen LogP contribution in [0.3, 0.4) is 0 Å². The topological polar surface area (TPSA) is 42.7 Å². The van der Waals surface area contributed by atoms with E-state index in [-0.39, 0.29) is 0 Å². The first-order valence-electron chi connectivity index (χ1n) is 6.02. The third-order valence-corrected chi connectivity index (χ3v) is 3.88. The molecule has 0 spiro atoms. The van der Waals surface area contributed by atoms with E-state index in [4.69, 9.17) is 0 Å². The maximum atomic E-state index is 4.46. The largest absolute Gasteiger partial charge is 0.335 e. The Morgan fingerprint density at radius 1 is 1.47 bits per heavy atom. The van der Waals surface area contributed by atoms with Crippen LogP contribution in [0.2, 0.25) is 0 Å². The third kappa shape index (κ3) is 2.40. The lowest BCUT2D eigenvalue weighted by Crippen LogP contribution is -2.26. The SMILES string of the molecule is c1cn2c(n1)C(CNCc1cscn1)CCC2. The number of hydrogen-bond donors (Lipinski definition) is 1. The van der Waals surface area contributed by atoms with E-state index >= 15 is 0 Å². The second-order valence-corrected chi connectivity index (χ2v) is 5.15. The fourth-order valence-electron chi connectivity index (χ4n) is 2.40. The van der Waals surface area contributed by atoms with Crippen molar-refractivity contribution >= 4 is 11.3 Å². The van der Waals surface area contributed by atoms with Gasteiger partial charge in [0.1, 0.15) is 5.82 Å². The predicted octanol–water partition coefficient (Wildman–Crippen LogP) is 2.01. The normalized spacial score (nSPS) is 19.2. The second-order valence-electron chi connectivity index (χ2n) is 4.43. The van der Waals surface area contributed by atoms with Crippen LogP contribution in [0.15, 0.2) is 23.3 Å². The number of aryl methyl sites for hydroxylation is 1. The summed E-state index contributed by atoms with van der Waals surface area (Å²) in [5.74, 6) is 1.79. The van der Waals surface area contributed by atoms with Crippen LogP contribution >= 0.6 is 11.3 Å². The Hall–Kier alpha value is -1.20. The lowest BCUT2D eigenvalue weighted by Gasteiger charge is -2.23. The van der Waals surface area contributed by atoms with Crippen LogP contribution in [0.5, 0.6) is 0 Å². The second kappa shape index (κ2) is 4.98. The molecule has 90 valence electrons. The molecule has 4 nitrogen and oxygen atoms in total. The molecule has 2 aromatic heterocycles. The van der Waals surface area contributed by atoms with Gasteiger partial charge in [0.25, 0.3) is 0 Å². The summed E-state index contributed by atoms with van der Waals surface area (Å²) in [6, 6.07) is 0. The minimum Gasteiger partial charge on any atom is -0.335 e. The molecule has 1 aliphatic heterocycles. The number of rotatable bonds is 4. The van der Waals surface area contributed by atoms with Gasteiger partial charge in [-0.15, -0.1) is 11.3 Å². The van der Waals surface area contributed by atoms with Crippen molar-refractivity contribution in [3.8, 4) is 0 Å². The summed E-state index contributed by atoms with van der Waals surface area (Å²) in [7, 11) is 0.